The Kier molecular flexibility index (Phi) is 4.41. The Morgan fingerprint density at radius 3 is 2.73 bits per heavy atom. The van der Waals surface area contributed by atoms with Crippen LogP contribution in [0, 0.1) is 6.92 Å². The molecular weight excluding hydrogens is 231 g/mol. The van der Waals surface area contributed by atoms with Gasteiger partial charge in [0.15, 0.2) is 0 Å². The normalized spacial score (nSPS) is 25.7. The van der Waals surface area contributed by atoms with Crippen molar-refractivity contribution in [3.63, 3.8) is 0 Å². The fourth-order valence-corrected chi connectivity index (χ4v) is 2.07. The van der Waals surface area contributed by atoms with Crippen molar-refractivity contribution in [2.75, 3.05) is 19.6 Å². The Morgan fingerprint density at radius 1 is 1.33 bits per heavy atom. The van der Waals surface area contributed by atoms with Gasteiger partial charge in [-0.3, -0.25) is 5.32 Å². The maximum atomic E-state index is 6.50. The summed E-state index contributed by atoms with van der Waals surface area (Å²) in [6, 6.07) is 8.33. The van der Waals surface area contributed by atoms with Crippen LogP contribution in [-0.2, 0) is 5.00 Å². The Balaban J connectivity index is 0.00000112. The number of benzene rings is 1. The van der Waals surface area contributed by atoms with E-state index in [1.165, 1.54) is 5.56 Å². The van der Waals surface area contributed by atoms with Crippen molar-refractivity contribution in [3.05, 3.63) is 35.4 Å². The third-order valence-corrected chi connectivity index (χ3v) is 3.04. The van der Waals surface area contributed by atoms with Gasteiger partial charge in [0.05, 0.1) is 0 Å². The van der Waals surface area contributed by atoms with Crippen LogP contribution >= 0.6 is 24.0 Å². The van der Waals surface area contributed by atoms with Crippen molar-refractivity contribution in [1.82, 2.24) is 10.6 Å². The van der Waals surface area contributed by atoms with E-state index in [1.54, 1.807) is 0 Å². The molecule has 15 heavy (non-hydrogen) atoms. The predicted octanol–water partition coefficient (Wildman–Crippen LogP) is 2.00. The van der Waals surface area contributed by atoms with E-state index in [0.717, 1.165) is 25.2 Å². The maximum absolute atomic E-state index is 6.50. The number of alkyl halides is 1. The minimum atomic E-state index is -0.426. The van der Waals surface area contributed by atoms with Gasteiger partial charge in [0.2, 0.25) is 0 Å². The van der Waals surface area contributed by atoms with Crippen molar-refractivity contribution in [3.8, 4) is 0 Å². The number of nitrogens with one attached hydrogen (secondary N) is 2. The molecule has 1 saturated heterocycles. The number of piperazine rings is 1. The van der Waals surface area contributed by atoms with Gasteiger partial charge in [0.1, 0.15) is 5.00 Å². The molecular formula is C11H16Cl2N2. The van der Waals surface area contributed by atoms with Crippen LogP contribution in [0.5, 0.6) is 0 Å². The fourth-order valence-electron chi connectivity index (χ4n) is 1.77. The zero-order chi connectivity index (χ0) is 10.0. The van der Waals surface area contributed by atoms with Gasteiger partial charge in [-0.15, -0.1) is 12.4 Å². The summed E-state index contributed by atoms with van der Waals surface area (Å²) in [7, 11) is 0. The van der Waals surface area contributed by atoms with Gasteiger partial charge >= 0.3 is 0 Å². The Morgan fingerprint density at radius 2 is 2.13 bits per heavy atom. The lowest BCUT2D eigenvalue weighted by atomic mass is 10.0. The largest absolute Gasteiger partial charge is 0.312 e. The van der Waals surface area contributed by atoms with Crippen molar-refractivity contribution in [2.24, 2.45) is 0 Å². The number of rotatable bonds is 1. The minimum Gasteiger partial charge on any atom is -0.312 e. The van der Waals surface area contributed by atoms with E-state index >= 15 is 0 Å². The molecule has 2 N–H and O–H groups in total. The average Bonchev–Trinajstić information content (AvgIpc) is 2.19. The van der Waals surface area contributed by atoms with E-state index in [2.05, 4.69) is 35.8 Å². The summed E-state index contributed by atoms with van der Waals surface area (Å²) < 4.78 is 0. The van der Waals surface area contributed by atoms with Crippen LogP contribution in [0.15, 0.2) is 24.3 Å². The molecule has 1 fully saturated rings. The summed E-state index contributed by atoms with van der Waals surface area (Å²) in [6.45, 7) is 4.76. The van der Waals surface area contributed by atoms with Gasteiger partial charge in [-0.05, 0) is 12.5 Å². The van der Waals surface area contributed by atoms with Crippen LogP contribution in [0.25, 0.3) is 0 Å². The molecule has 0 aromatic heterocycles. The molecule has 0 bridgehead atoms. The molecule has 1 aliphatic rings. The zero-order valence-electron chi connectivity index (χ0n) is 8.72. The summed E-state index contributed by atoms with van der Waals surface area (Å²) in [5.74, 6) is 0. The molecule has 0 amide bonds. The van der Waals surface area contributed by atoms with Crippen molar-refractivity contribution < 1.29 is 0 Å². The highest BCUT2D eigenvalue weighted by Crippen LogP contribution is 2.26. The summed E-state index contributed by atoms with van der Waals surface area (Å²) in [4.78, 5) is -0.426. The highest BCUT2D eigenvalue weighted by molar-refractivity contribution is 6.24. The van der Waals surface area contributed by atoms with E-state index in [-0.39, 0.29) is 12.4 Å². The standard InChI is InChI=1S/C11H15ClN2.ClH/c1-9-3-2-4-10(7-9)11(12)8-13-5-6-14-11;/h2-4,7,13-14H,5-6,8H2,1H3;1H. The second kappa shape index (κ2) is 5.17. The molecule has 0 aliphatic carbocycles. The Hall–Kier alpha value is -0.280. The van der Waals surface area contributed by atoms with Gasteiger partial charge in [-0.25, -0.2) is 0 Å². The number of hydrogen-bond donors (Lipinski definition) is 2. The maximum Gasteiger partial charge on any atom is 0.132 e. The lowest BCUT2D eigenvalue weighted by Gasteiger charge is -2.33. The second-order valence-corrected chi connectivity index (χ2v) is 4.42. The Labute approximate surface area is 102 Å². The molecule has 2 nitrogen and oxygen atoms in total. The quantitative estimate of drug-likeness (QED) is 0.586. The first-order valence-electron chi connectivity index (χ1n) is 4.92. The van der Waals surface area contributed by atoms with Gasteiger partial charge in [-0.2, -0.15) is 0 Å². The smallest absolute Gasteiger partial charge is 0.132 e. The van der Waals surface area contributed by atoms with Crippen molar-refractivity contribution in [1.29, 1.82) is 0 Å². The summed E-state index contributed by atoms with van der Waals surface area (Å²) in [5.41, 5.74) is 2.39. The van der Waals surface area contributed by atoms with Crippen molar-refractivity contribution in [2.45, 2.75) is 11.9 Å². The highest BCUT2D eigenvalue weighted by Gasteiger charge is 2.30. The molecule has 1 aromatic carbocycles. The monoisotopic (exact) mass is 246 g/mol. The fraction of sp³-hybridized carbons (Fsp3) is 0.455. The molecule has 0 radical (unpaired) electrons. The van der Waals surface area contributed by atoms with E-state index in [1.807, 2.05) is 6.07 Å². The minimum absolute atomic E-state index is 0. The summed E-state index contributed by atoms with van der Waals surface area (Å²) >= 11 is 6.50. The summed E-state index contributed by atoms with van der Waals surface area (Å²) in [5, 5.41) is 6.64. The number of hydrogen-bond acceptors (Lipinski definition) is 2. The predicted molar refractivity (Wildman–Crippen MR) is 66.8 cm³/mol. The molecule has 1 atom stereocenters. The molecule has 84 valence electrons. The Bertz CT molecular complexity index is 322. The van der Waals surface area contributed by atoms with Crippen LogP contribution < -0.4 is 10.6 Å². The average molecular weight is 247 g/mol. The first kappa shape index (κ1) is 12.8. The zero-order valence-corrected chi connectivity index (χ0v) is 10.3. The molecule has 0 saturated carbocycles. The first-order valence-corrected chi connectivity index (χ1v) is 5.30. The van der Waals surface area contributed by atoms with E-state index in [4.69, 9.17) is 11.6 Å². The molecule has 1 aliphatic heterocycles. The molecule has 4 heteroatoms. The first-order chi connectivity index (χ1) is 6.71. The number of halogens is 2. The topological polar surface area (TPSA) is 24.1 Å². The molecule has 1 aromatic rings. The van der Waals surface area contributed by atoms with Crippen LogP contribution in [-0.4, -0.2) is 19.6 Å². The lowest BCUT2D eigenvalue weighted by molar-refractivity contribution is 0.383. The summed E-state index contributed by atoms with van der Waals surface area (Å²) in [6.07, 6.45) is 0. The van der Waals surface area contributed by atoms with Crippen LogP contribution in [0.4, 0.5) is 0 Å². The van der Waals surface area contributed by atoms with Gasteiger partial charge in [0, 0.05) is 19.6 Å². The van der Waals surface area contributed by atoms with Gasteiger partial charge in [-0.1, -0.05) is 41.4 Å². The SMILES string of the molecule is Cc1cccc(C2(Cl)CNCCN2)c1.Cl. The highest BCUT2D eigenvalue weighted by atomic mass is 35.5. The number of aryl methyl sites for hydroxylation is 1. The van der Waals surface area contributed by atoms with Gasteiger partial charge in [0.25, 0.3) is 0 Å². The lowest BCUT2D eigenvalue weighted by Crippen LogP contribution is -2.53. The molecule has 1 heterocycles. The molecule has 2 rings (SSSR count). The van der Waals surface area contributed by atoms with Crippen LogP contribution in [0.2, 0.25) is 0 Å². The third-order valence-electron chi connectivity index (χ3n) is 2.55. The van der Waals surface area contributed by atoms with E-state index in [0.29, 0.717) is 0 Å². The van der Waals surface area contributed by atoms with Crippen LogP contribution in [0.3, 0.4) is 0 Å². The molecule has 0 spiro atoms. The second-order valence-electron chi connectivity index (χ2n) is 3.77. The third kappa shape index (κ3) is 2.85. The van der Waals surface area contributed by atoms with Crippen LogP contribution in [0.1, 0.15) is 11.1 Å². The van der Waals surface area contributed by atoms with E-state index in [9.17, 15) is 0 Å². The van der Waals surface area contributed by atoms with E-state index < -0.39 is 5.00 Å². The van der Waals surface area contributed by atoms with Crippen molar-refractivity contribution >= 4 is 24.0 Å². The molecule has 1 unspecified atom stereocenters. The van der Waals surface area contributed by atoms with Gasteiger partial charge < -0.3 is 5.32 Å².